The first-order valence-corrected chi connectivity index (χ1v) is 11.1. The lowest BCUT2D eigenvalue weighted by molar-refractivity contribution is 0.0695. The normalized spacial score (nSPS) is 18.2. The maximum Gasteiger partial charge on any atom is 0.335 e. The van der Waals surface area contributed by atoms with Crippen molar-refractivity contribution in [2.24, 2.45) is 5.92 Å². The minimum Gasteiger partial charge on any atom is -0.478 e. The van der Waals surface area contributed by atoms with Crippen LogP contribution < -0.4 is 10.4 Å². The summed E-state index contributed by atoms with van der Waals surface area (Å²) < 4.78 is 15.6. The van der Waals surface area contributed by atoms with Crippen molar-refractivity contribution in [2.75, 3.05) is 0 Å². The van der Waals surface area contributed by atoms with E-state index in [1.54, 1.807) is 0 Å². The number of aromatic carboxylic acids is 2. The lowest BCUT2D eigenvalue weighted by Gasteiger charge is -2.26. The van der Waals surface area contributed by atoms with Gasteiger partial charge in [0.05, 0.1) is 11.1 Å². The van der Waals surface area contributed by atoms with Crippen LogP contribution in [-0.2, 0) is 12.8 Å². The Hall–Kier alpha value is -3.44. The Morgan fingerprint density at radius 3 is 2.36 bits per heavy atom. The fraction of sp³-hybridized carbons (Fsp3) is 0.185. The number of carboxylic acid groups (broad SMARTS) is 2. The molecule has 2 aliphatic carbocycles. The van der Waals surface area contributed by atoms with Crippen LogP contribution in [0.5, 0.6) is 0 Å². The standard InChI is InChI=1S/C27H20ClFO4/c28-17-6-9-18-15(13-17)4-8-20-19(18)7-5-16-10-14(12-24(29)25(16)20)11-23-21(26(30)31)2-1-3-22(23)27(32)33/h1-7,9-10,13-14,24H,8,11-12H2,(H,30,31)(H,32,33). The van der Waals surface area contributed by atoms with Crippen LogP contribution in [0.4, 0.5) is 4.39 Å². The van der Waals surface area contributed by atoms with Gasteiger partial charge >= 0.3 is 11.9 Å². The first-order valence-electron chi connectivity index (χ1n) is 10.7. The molecule has 2 aliphatic rings. The van der Waals surface area contributed by atoms with Crippen LogP contribution in [-0.4, -0.2) is 22.2 Å². The Morgan fingerprint density at radius 1 is 0.970 bits per heavy atom. The number of carbonyl (C=O) groups is 2. The molecule has 166 valence electrons. The summed E-state index contributed by atoms with van der Waals surface area (Å²) in [4.78, 5) is 23.4. The molecule has 0 fully saturated rings. The molecule has 0 saturated carbocycles. The van der Waals surface area contributed by atoms with E-state index in [1.807, 2.05) is 36.4 Å². The molecular weight excluding hydrogens is 443 g/mol. The monoisotopic (exact) mass is 462 g/mol. The molecule has 6 heteroatoms. The van der Waals surface area contributed by atoms with Gasteiger partial charge in [0, 0.05) is 5.02 Å². The highest BCUT2D eigenvalue weighted by Crippen LogP contribution is 2.34. The lowest BCUT2D eigenvalue weighted by atomic mass is 9.80. The molecule has 4 nitrogen and oxygen atoms in total. The highest BCUT2D eigenvalue weighted by molar-refractivity contribution is 6.30. The Balaban J connectivity index is 1.63. The number of benzene rings is 3. The average molecular weight is 463 g/mol. The van der Waals surface area contributed by atoms with E-state index < -0.39 is 18.1 Å². The van der Waals surface area contributed by atoms with Crippen LogP contribution >= 0.6 is 11.6 Å². The van der Waals surface area contributed by atoms with Gasteiger partial charge in [-0.15, -0.1) is 0 Å². The van der Waals surface area contributed by atoms with E-state index in [0.29, 0.717) is 17.0 Å². The number of fused-ring (bicyclic) bond motifs is 4. The average Bonchev–Trinajstić information content (AvgIpc) is 2.78. The van der Waals surface area contributed by atoms with Gasteiger partial charge in [-0.25, -0.2) is 14.0 Å². The molecule has 2 atom stereocenters. The first kappa shape index (κ1) is 21.4. The van der Waals surface area contributed by atoms with Crippen molar-refractivity contribution >= 4 is 35.7 Å². The summed E-state index contributed by atoms with van der Waals surface area (Å²) in [7, 11) is 0. The molecule has 0 saturated heterocycles. The third-order valence-corrected chi connectivity index (χ3v) is 6.80. The van der Waals surface area contributed by atoms with Gasteiger partial charge < -0.3 is 10.2 Å². The van der Waals surface area contributed by atoms with Gasteiger partial charge in [0.25, 0.3) is 0 Å². The van der Waals surface area contributed by atoms with Gasteiger partial charge in [-0.05, 0) is 87.0 Å². The predicted molar refractivity (Wildman–Crippen MR) is 123 cm³/mol. The van der Waals surface area contributed by atoms with Gasteiger partial charge in [0.2, 0.25) is 0 Å². The van der Waals surface area contributed by atoms with E-state index in [4.69, 9.17) is 11.6 Å². The minimum atomic E-state index is -1.22. The maximum absolute atomic E-state index is 15.6. The van der Waals surface area contributed by atoms with Crippen molar-refractivity contribution in [3.8, 4) is 0 Å². The topological polar surface area (TPSA) is 74.6 Å². The van der Waals surface area contributed by atoms with Crippen molar-refractivity contribution in [3.05, 3.63) is 102 Å². The molecule has 0 aliphatic heterocycles. The van der Waals surface area contributed by atoms with E-state index in [1.165, 1.54) is 18.2 Å². The quantitative estimate of drug-likeness (QED) is 0.602. The maximum atomic E-state index is 15.6. The van der Waals surface area contributed by atoms with Gasteiger partial charge in [-0.1, -0.05) is 48.0 Å². The van der Waals surface area contributed by atoms with Crippen LogP contribution in [0.2, 0.25) is 5.02 Å². The van der Waals surface area contributed by atoms with Gasteiger partial charge in [-0.2, -0.15) is 0 Å². The second-order valence-electron chi connectivity index (χ2n) is 8.51. The molecule has 5 rings (SSSR count). The smallest absolute Gasteiger partial charge is 0.335 e. The number of hydrogen-bond donors (Lipinski definition) is 2. The molecule has 0 aromatic heterocycles. The molecule has 2 unspecified atom stereocenters. The number of hydrogen-bond acceptors (Lipinski definition) is 2. The van der Waals surface area contributed by atoms with Crippen molar-refractivity contribution in [2.45, 2.75) is 25.4 Å². The number of alkyl halides is 1. The lowest BCUT2D eigenvalue weighted by Crippen LogP contribution is -2.26. The third-order valence-electron chi connectivity index (χ3n) is 6.56. The van der Waals surface area contributed by atoms with E-state index in [-0.39, 0.29) is 35.4 Å². The zero-order valence-electron chi connectivity index (χ0n) is 17.5. The van der Waals surface area contributed by atoms with Crippen LogP contribution in [0.25, 0.3) is 12.2 Å². The fourth-order valence-corrected chi connectivity index (χ4v) is 5.33. The largest absolute Gasteiger partial charge is 0.478 e. The van der Waals surface area contributed by atoms with Crippen LogP contribution in [0.1, 0.15) is 50.0 Å². The highest BCUT2D eigenvalue weighted by Gasteiger charge is 2.28. The molecule has 0 spiro atoms. The first-order chi connectivity index (χ1) is 15.8. The van der Waals surface area contributed by atoms with E-state index in [0.717, 1.165) is 26.4 Å². The molecule has 0 heterocycles. The third kappa shape index (κ3) is 3.72. The fourth-order valence-electron chi connectivity index (χ4n) is 5.15. The molecule has 0 radical (unpaired) electrons. The molecule has 33 heavy (non-hydrogen) atoms. The van der Waals surface area contributed by atoms with E-state index >= 15 is 4.39 Å². The van der Waals surface area contributed by atoms with Crippen molar-refractivity contribution in [1.82, 2.24) is 0 Å². The molecule has 3 aromatic carbocycles. The summed E-state index contributed by atoms with van der Waals surface area (Å²) in [6.07, 6.45) is 3.71. The van der Waals surface area contributed by atoms with E-state index in [2.05, 4.69) is 6.08 Å². The van der Waals surface area contributed by atoms with Crippen LogP contribution in [0.3, 0.4) is 0 Å². The van der Waals surface area contributed by atoms with Crippen molar-refractivity contribution < 1.29 is 24.2 Å². The number of rotatable bonds is 4. The zero-order valence-corrected chi connectivity index (χ0v) is 18.3. The van der Waals surface area contributed by atoms with Crippen molar-refractivity contribution in [3.63, 3.8) is 0 Å². The molecule has 0 bridgehead atoms. The Kier molecular flexibility index (Phi) is 5.29. The van der Waals surface area contributed by atoms with Crippen LogP contribution in [0.15, 0.2) is 48.5 Å². The Labute approximate surface area is 193 Å². The highest BCUT2D eigenvalue weighted by atomic mass is 35.5. The summed E-state index contributed by atoms with van der Waals surface area (Å²) in [6.45, 7) is 0. The Bertz CT molecular complexity index is 1510. The van der Waals surface area contributed by atoms with Gasteiger partial charge in [0.1, 0.15) is 6.17 Å². The predicted octanol–water partition coefficient (Wildman–Crippen LogP) is 4.41. The Morgan fingerprint density at radius 2 is 1.67 bits per heavy atom. The summed E-state index contributed by atoms with van der Waals surface area (Å²) in [6, 6.07) is 13.8. The molecule has 0 amide bonds. The second-order valence-corrected chi connectivity index (χ2v) is 8.95. The van der Waals surface area contributed by atoms with E-state index in [9.17, 15) is 19.8 Å². The van der Waals surface area contributed by atoms with Gasteiger partial charge in [0.15, 0.2) is 0 Å². The number of carboxylic acids is 2. The summed E-state index contributed by atoms with van der Waals surface area (Å²) in [5.41, 5.74) is 1.75. The molecule has 2 N–H and O–H groups in total. The summed E-state index contributed by atoms with van der Waals surface area (Å²) in [5, 5.41) is 23.6. The van der Waals surface area contributed by atoms with Gasteiger partial charge in [-0.3, -0.25) is 0 Å². The SMILES string of the molecule is O=C(O)c1cccc(C(=O)O)c1CC1C=c2ccc3c(c2C(F)C1)CC=c1cc(Cl)ccc1=3. The minimum absolute atomic E-state index is 0.0557. The summed E-state index contributed by atoms with van der Waals surface area (Å²) >= 11 is 6.13. The second kappa shape index (κ2) is 8.16. The number of halogens is 2. The summed E-state index contributed by atoms with van der Waals surface area (Å²) in [5.74, 6) is -2.70. The van der Waals surface area contributed by atoms with Crippen molar-refractivity contribution in [1.29, 1.82) is 0 Å². The van der Waals surface area contributed by atoms with Crippen LogP contribution in [0, 0.1) is 16.4 Å². The molecular formula is C27H20ClFO4. The molecule has 3 aromatic rings. The zero-order chi connectivity index (χ0) is 23.3.